The second kappa shape index (κ2) is 8.54. The quantitative estimate of drug-likeness (QED) is 0.691. The van der Waals surface area contributed by atoms with Crippen LogP contribution in [0.4, 0.5) is 5.69 Å². The molecule has 0 spiro atoms. The molecule has 1 amide bonds. The molecular formula is C20H33NO4Si. The fourth-order valence-electron chi connectivity index (χ4n) is 4.40. The minimum atomic E-state index is -1.95. The van der Waals surface area contributed by atoms with Gasteiger partial charge in [-0.2, -0.15) is 0 Å². The van der Waals surface area contributed by atoms with E-state index in [1.54, 1.807) is 4.90 Å². The Morgan fingerprint density at radius 1 is 1.15 bits per heavy atom. The highest BCUT2D eigenvalue weighted by Gasteiger charge is 2.45. The van der Waals surface area contributed by atoms with Crippen molar-refractivity contribution in [1.29, 1.82) is 0 Å². The maximum Gasteiger partial charge on any atom is 0.265 e. The van der Waals surface area contributed by atoms with Crippen molar-refractivity contribution in [2.75, 3.05) is 24.7 Å². The van der Waals surface area contributed by atoms with Crippen LogP contribution >= 0.6 is 0 Å². The summed E-state index contributed by atoms with van der Waals surface area (Å²) in [4.78, 5) is 14.1. The molecule has 146 valence electrons. The summed E-state index contributed by atoms with van der Waals surface area (Å²) >= 11 is 0. The van der Waals surface area contributed by atoms with Crippen LogP contribution in [0.5, 0.6) is 5.75 Å². The second-order valence-electron chi connectivity index (χ2n) is 7.96. The van der Waals surface area contributed by atoms with Crippen LogP contribution in [-0.2, 0) is 15.8 Å². The average Bonchev–Trinajstić information content (AvgIpc) is 2.58. The lowest BCUT2D eigenvalue weighted by Crippen LogP contribution is -2.50. The maximum absolute atomic E-state index is 12.4. The van der Waals surface area contributed by atoms with Gasteiger partial charge in [-0.25, -0.2) is 0 Å². The van der Waals surface area contributed by atoms with Gasteiger partial charge in [0.1, 0.15) is 5.75 Å². The van der Waals surface area contributed by atoms with Crippen molar-refractivity contribution < 1.29 is 19.1 Å². The number of hydrogen-bond acceptors (Lipinski definition) is 4. The van der Waals surface area contributed by atoms with Gasteiger partial charge in [0, 0.05) is 6.54 Å². The molecule has 0 fully saturated rings. The highest BCUT2D eigenvalue weighted by atomic mass is 28.4. The molecule has 1 aromatic carbocycles. The molecule has 26 heavy (non-hydrogen) atoms. The Bertz CT molecular complexity index is 608. The summed E-state index contributed by atoms with van der Waals surface area (Å²) in [5.74, 6) is 0.615. The van der Waals surface area contributed by atoms with E-state index in [9.17, 15) is 9.90 Å². The van der Waals surface area contributed by atoms with Crippen molar-refractivity contribution in [3.63, 3.8) is 0 Å². The average molecular weight is 380 g/mol. The molecule has 5 nitrogen and oxygen atoms in total. The number of benzene rings is 1. The van der Waals surface area contributed by atoms with Gasteiger partial charge in [0.2, 0.25) is 0 Å². The molecule has 0 bridgehead atoms. The molecule has 1 N–H and O–H groups in total. The largest absolute Gasteiger partial charge is 0.482 e. The monoisotopic (exact) mass is 379 g/mol. The topological polar surface area (TPSA) is 59.0 Å². The number of ether oxygens (including phenoxy) is 1. The maximum atomic E-state index is 12.4. The van der Waals surface area contributed by atoms with E-state index in [0.717, 1.165) is 11.3 Å². The van der Waals surface area contributed by atoms with Gasteiger partial charge in [0.25, 0.3) is 5.91 Å². The fourth-order valence-corrected chi connectivity index (χ4v) is 9.85. The minimum absolute atomic E-state index is 0.0482. The molecule has 2 rings (SSSR count). The van der Waals surface area contributed by atoms with Gasteiger partial charge in [0.15, 0.2) is 14.9 Å². The number of amides is 1. The first kappa shape index (κ1) is 20.9. The first-order chi connectivity index (χ1) is 12.2. The molecule has 1 heterocycles. The van der Waals surface area contributed by atoms with E-state index in [2.05, 4.69) is 41.5 Å². The summed E-state index contributed by atoms with van der Waals surface area (Å²) in [7, 11) is -1.95. The number of rotatable bonds is 8. The summed E-state index contributed by atoms with van der Waals surface area (Å²) in [5.41, 5.74) is 3.02. The number of aliphatic hydroxyl groups excluding tert-OH is 1. The number of carbonyl (C=O) groups excluding carboxylic acids is 1. The van der Waals surface area contributed by atoms with Crippen LogP contribution in [0.2, 0.25) is 16.6 Å². The number of nitrogens with zero attached hydrogens (tertiary/aromatic N) is 1. The predicted octanol–water partition coefficient (Wildman–Crippen LogP) is 4.10. The van der Waals surface area contributed by atoms with Gasteiger partial charge in [0.05, 0.1) is 18.9 Å². The molecule has 0 aromatic heterocycles. The number of anilines is 1. The van der Waals surface area contributed by atoms with E-state index in [4.69, 9.17) is 9.16 Å². The van der Waals surface area contributed by atoms with Crippen molar-refractivity contribution in [2.24, 2.45) is 0 Å². The van der Waals surface area contributed by atoms with Crippen LogP contribution in [-0.4, -0.2) is 39.1 Å². The number of aliphatic hydroxyl groups is 1. The van der Waals surface area contributed by atoms with Gasteiger partial charge >= 0.3 is 0 Å². The second-order valence-corrected chi connectivity index (χ2v) is 13.4. The number of fused-ring (bicyclic) bond motifs is 1. The van der Waals surface area contributed by atoms with Crippen LogP contribution in [0.25, 0.3) is 0 Å². The first-order valence-corrected chi connectivity index (χ1v) is 11.7. The summed E-state index contributed by atoms with van der Waals surface area (Å²) < 4.78 is 12.1. The molecule has 0 aliphatic carbocycles. The third kappa shape index (κ3) is 3.97. The van der Waals surface area contributed by atoms with Crippen molar-refractivity contribution >= 4 is 19.9 Å². The minimum Gasteiger partial charge on any atom is -0.482 e. The van der Waals surface area contributed by atoms with Gasteiger partial charge in [-0.1, -0.05) is 47.6 Å². The summed E-state index contributed by atoms with van der Waals surface area (Å²) in [5, 5.41) is 9.39. The van der Waals surface area contributed by atoms with Crippen LogP contribution < -0.4 is 9.64 Å². The Hall–Kier alpha value is -1.37. The Balaban J connectivity index is 2.17. The lowest BCUT2D eigenvalue weighted by molar-refractivity contribution is -0.121. The van der Waals surface area contributed by atoms with Crippen LogP contribution in [0.15, 0.2) is 18.2 Å². The van der Waals surface area contributed by atoms with E-state index < -0.39 is 8.32 Å². The normalized spacial score (nSPS) is 15.0. The van der Waals surface area contributed by atoms with Gasteiger partial charge in [-0.05, 0) is 34.3 Å². The first-order valence-electron chi connectivity index (χ1n) is 9.54. The summed E-state index contributed by atoms with van der Waals surface area (Å²) in [6.07, 6.45) is 0. The lowest BCUT2D eigenvalue weighted by atomic mass is 10.1. The fraction of sp³-hybridized carbons (Fsp3) is 0.650. The van der Waals surface area contributed by atoms with Crippen molar-refractivity contribution in [2.45, 2.75) is 64.8 Å². The van der Waals surface area contributed by atoms with Crippen molar-refractivity contribution in [3.8, 4) is 5.75 Å². The van der Waals surface area contributed by atoms with Gasteiger partial charge in [-0.3, -0.25) is 4.79 Å². The van der Waals surface area contributed by atoms with Crippen LogP contribution in [0, 0.1) is 0 Å². The Kier molecular flexibility index (Phi) is 6.88. The standard InChI is InChI=1S/C20H33NO4Si/c1-14(2)26(15(3)4,16(5)6)25-10-9-21-18-11-17(12-22)7-8-19(18)24-13-20(21)23/h7-8,11,14-16,22H,9-10,12-13H2,1-6H3. The highest BCUT2D eigenvalue weighted by molar-refractivity contribution is 6.77. The molecule has 0 saturated heterocycles. The van der Waals surface area contributed by atoms with E-state index in [1.165, 1.54) is 0 Å². The van der Waals surface area contributed by atoms with Gasteiger partial charge < -0.3 is 19.2 Å². The third-order valence-electron chi connectivity index (χ3n) is 5.52. The SMILES string of the molecule is CC(C)[Si](OCCN1C(=O)COc2ccc(CO)cc21)(C(C)C)C(C)C. The van der Waals surface area contributed by atoms with E-state index in [0.29, 0.717) is 35.5 Å². The smallest absolute Gasteiger partial charge is 0.265 e. The van der Waals surface area contributed by atoms with Crippen LogP contribution in [0.1, 0.15) is 47.1 Å². The molecule has 0 radical (unpaired) electrons. The zero-order valence-electron chi connectivity index (χ0n) is 16.9. The predicted molar refractivity (Wildman–Crippen MR) is 107 cm³/mol. The summed E-state index contributed by atoms with van der Waals surface area (Å²) in [6, 6.07) is 5.46. The lowest BCUT2D eigenvalue weighted by Gasteiger charge is -2.42. The molecule has 1 aromatic rings. The molecule has 0 saturated carbocycles. The molecule has 6 heteroatoms. The number of carbonyl (C=O) groups is 1. The molecule has 0 atom stereocenters. The Morgan fingerprint density at radius 3 is 2.31 bits per heavy atom. The van der Waals surface area contributed by atoms with Crippen molar-refractivity contribution in [3.05, 3.63) is 23.8 Å². The number of hydrogen-bond donors (Lipinski definition) is 1. The molecular weight excluding hydrogens is 346 g/mol. The van der Waals surface area contributed by atoms with Crippen molar-refractivity contribution in [1.82, 2.24) is 0 Å². The Morgan fingerprint density at radius 2 is 1.77 bits per heavy atom. The zero-order chi connectivity index (χ0) is 19.5. The van der Waals surface area contributed by atoms with E-state index in [1.807, 2.05) is 18.2 Å². The van der Waals surface area contributed by atoms with Crippen LogP contribution in [0.3, 0.4) is 0 Å². The van der Waals surface area contributed by atoms with Gasteiger partial charge in [-0.15, -0.1) is 0 Å². The zero-order valence-corrected chi connectivity index (χ0v) is 17.9. The molecule has 0 unspecified atom stereocenters. The van der Waals surface area contributed by atoms with E-state index >= 15 is 0 Å². The Labute approximate surface area is 158 Å². The molecule has 1 aliphatic rings. The van der Waals surface area contributed by atoms with E-state index in [-0.39, 0.29) is 19.1 Å². The summed E-state index contributed by atoms with van der Waals surface area (Å²) in [6.45, 7) is 14.6. The third-order valence-corrected chi connectivity index (χ3v) is 11.6. The highest BCUT2D eigenvalue weighted by Crippen LogP contribution is 2.42. The molecule has 1 aliphatic heterocycles.